The molecule has 0 spiro atoms. The number of carbonyl (C=O) groups is 2. The maximum absolute atomic E-state index is 12.4. The van der Waals surface area contributed by atoms with Gasteiger partial charge >= 0.3 is 6.09 Å². The van der Waals surface area contributed by atoms with E-state index in [0.29, 0.717) is 32.4 Å². The summed E-state index contributed by atoms with van der Waals surface area (Å²) in [5, 5.41) is 12.9. The molecular formula is C20H26ClN5O3. The molecule has 0 bridgehead atoms. The van der Waals surface area contributed by atoms with Crippen molar-refractivity contribution in [2.24, 2.45) is 5.92 Å². The fraction of sp³-hybridized carbons (Fsp3) is 0.500. The molecule has 8 nitrogen and oxygen atoms in total. The van der Waals surface area contributed by atoms with Crippen LogP contribution in [0.5, 0.6) is 0 Å². The number of piperidine rings is 1. The van der Waals surface area contributed by atoms with E-state index in [4.69, 9.17) is 16.3 Å². The molecule has 0 aliphatic carbocycles. The Morgan fingerprint density at radius 2 is 2.10 bits per heavy atom. The van der Waals surface area contributed by atoms with Gasteiger partial charge in [0.25, 0.3) is 0 Å². The number of aryl methyl sites for hydroxylation is 1. The third-order valence-electron chi connectivity index (χ3n) is 5.00. The van der Waals surface area contributed by atoms with Gasteiger partial charge in [0, 0.05) is 25.7 Å². The fourth-order valence-electron chi connectivity index (χ4n) is 3.44. The Kier molecular flexibility index (Phi) is 7.46. The number of hydrogen-bond donors (Lipinski definition) is 2. The Bertz CT molecular complexity index is 775. The van der Waals surface area contributed by atoms with Crippen molar-refractivity contribution in [3.05, 3.63) is 47.8 Å². The van der Waals surface area contributed by atoms with Crippen molar-refractivity contribution in [3.8, 4) is 0 Å². The minimum absolute atomic E-state index is 0.0232. The Hall–Kier alpha value is -2.61. The lowest BCUT2D eigenvalue weighted by Gasteiger charge is -2.39. The normalized spacial score (nSPS) is 21.6. The molecular weight excluding hydrogens is 394 g/mol. The first-order valence-corrected chi connectivity index (χ1v) is 10.2. The number of likely N-dealkylation sites (tertiary alicyclic amines) is 1. The van der Waals surface area contributed by atoms with E-state index in [1.54, 1.807) is 11.1 Å². The number of nitrogens with one attached hydrogen (secondary N) is 2. The zero-order valence-corrected chi connectivity index (χ0v) is 17.1. The summed E-state index contributed by atoms with van der Waals surface area (Å²) in [4.78, 5) is 26.3. The number of H-pyrrole nitrogens is 1. The molecule has 9 heteroatoms. The molecule has 3 unspecified atom stereocenters. The maximum Gasteiger partial charge on any atom is 0.410 e. The fourth-order valence-corrected chi connectivity index (χ4v) is 3.92. The van der Waals surface area contributed by atoms with E-state index in [1.165, 1.54) is 0 Å². The number of carbonyl (C=O) groups excluding carboxylic acids is 2. The van der Waals surface area contributed by atoms with Crippen molar-refractivity contribution < 1.29 is 14.3 Å². The molecule has 1 aliphatic rings. The average molecular weight is 420 g/mol. The van der Waals surface area contributed by atoms with Crippen LogP contribution in [0.1, 0.15) is 31.0 Å². The highest BCUT2D eigenvalue weighted by Crippen LogP contribution is 2.22. The van der Waals surface area contributed by atoms with Gasteiger partial charge in [0.1, 0.15) is 6.61 Å². The summed E-state index contributed by atoms with van der Waals surface area (Å²) in [6.45, 7) is 3.03. The number of benzene rings is 1. The first-order chi connectivity index (χ1) is 14.0. The largest absolute Gasteiger partial charge is 0.445 e. The van der Waals surface area contributed by atoms with Crippen LogP contribution in [-0.2, 0) is 22.6 Å². The predicted octanol–water partition coefficient (Wildman–Crippen LogP) is 2.51. The summed E-state index contributed by atoms with van der Waals surface area (Å²) >= 11 is 6.51. The lowest BCUT2D eigenvalue weighted by atomic mass is 9.93. The van der Waals surface area contributed by atoms with Gasteiger partial charge in [-0.05, 0) is 24.3 Å². The molecule has 0 saturated carbocycles. The van der Waals surface area contributed by atoms with Gasteiger partial charge in [-0.1, -0.05) is 42.5 Å². The molecule has 1 aromatic heterocycles. The number of halogens is 1. The molecule has 1 saturated heterocycles. The van der Waals surface area contributed by atoms with Gasteiger partial charge < -0.3 is 15.0 Å². The quantitative estimate of drug-likeness (QED) is 0.671. The van der Waals surface area contributed by atoms with Crippen molar-refractivity contribution >= 4 is 23.6 Å². The standard InChI is InChI=1S/C20H26ClN5O3/c1-14-11-26(20(28)29-13-15-6-3-2-4-7-15)12-17(21)19(14)23-18(27)9-5-8-16-10-22-25-24-16/h2-4,6-7,10,14,17,19H,5,8-9,11-13H2,1H3,(H,23,27)(H,22,24,25). The maximum atomic E-state index is 12.4. The van der Waals surface area contributed by atoms with Crippen molar-refractivity contribution in [2.75, 3.05) is 13.1 Å². The molecule has 3 atom stereocenters. The van der Waals surface area contributed by atoms with E-state index in [2.05, 4.69) is 20.7 Å². The number of aromatic nitrogens is 3. The molecule has 2 amide bonds. The Labute approximate surface area is 174 Å². The molecule has 3 rings (SSSR count). The number of aromatic amines is 1. The highest BCUT2D eigenvalue weighted by molar-refractivity contribution is 6.21. The first kappa shape index (κ1) is 21.1. The van der Waals surface area contributed by atoms with Crippen LogP contribution in [-0.4, -0.2) is 56.8 Å². The molecule has 2 N–H and O–H groups in total. The minimum atomic E-state index is -0.385. The predicted molar refractivity (Wildman–Crippen MR) is 108 cm³/mol. The SMILES string of the molecule is CC1CN(C(=O)OCc2ccccc2)CC(Cl)C1NC(=O)CCCc1c[nH]nn1. The van der Waals surface area contributed by atoms with Crippen LogP contribution in [0.25, 0.3) is 0 Å². The molecule has 1 fully saturated rings. The number of rotatable bonds is 7. The van der Waals surface area contributed by atoms with Gasteiger partial charge in [-0.15, -0.1) is 16.7 Å². The van der Waals surface area contributed by atoms with Crippen molar-refractivity contribution in [1.29, 1.82) is 0 Å². The van der Waals surface area contributed by atoms with E-state index >= 15 is 0 Å². The lowest BCUT2D eigenvalue weighted by Crippen LogP contribution is -2.57. The molecule has 2 heterocycles. The summed E-state index contributed by atoms with van der Waals surface area (Å²) in [5.74, 6) is -0.0221. The smallest absolute Gasteiger partial charge is 0.410 e. The van der Waals surface area contributed by atoms with Crippen molar-refractivity contribution in [3.63, 3.8) is 0 Å². The molecule has 0 radical (unpaired) electrons. The molecule has 2 aromatic rings. The van der Waals surface area contributed by atoms with E-state index in [9.17, 15) is 9.59 Å². The van der Waals surface area contributed by atoms with E-state index < -0.39 is 0 Å². The van der Waals surface area contributed by atoms with Gasteiger partial charge in [0.15, 0.2) is 0 Å². The monoisotopic (exact) mass is 419 g/mol. The van der Waals surface area contributed by atoms with Crippen molar-refractivity contribution in [1.82, 2.24) is 25.6 Å². The molecule has 156 valence electrons. The van der Waals surface area contributed by atoms with Crippen LogP contribution in [0.4, 0.5) is 4.79 Å². The second kappa shape index (κ2) is 10.2. The topological polar surface area (TPSA) is 100 Å². The summed E-state index contributed by atoms with van der Waals surface area (Å²) in [7, 11) is 0. The van der Waals surface area contributed by atoms with Crippen molar-refractivity contribution in [2.45, 2.75) is 44.2 Å². The van der Waals surface area contributed by atoms with Gasteiger partial charge in [0.05, 0.1) is 17.1 Å². The molecule has 29 heavy (non-hydrogen) atoms. The van der Waals surface area contributed by atoms with E-state index in [-0.39, 0.29) is 35.9 Å². The van der Waals surface area contributed by atoms with Crippen LogP contribution in [0.15, 0.2) is 36.5 Å². The Morgan fingerprint density at radius 1 is 1.31 bits per heavy atom. The highest BCUT2D eigenvalue weighted by Gasteiger charge is 2.36. The van der Waals surface area contributed by atoms with Gasteiger partial charge in [0.2, 0.25) is 5.91 Å². The third kappa shape index (κ3) is 6.19. The van der Waals surface area contributed by atoms with Crippen LogP contribution in [0.2, 0.25) is 0 Å². The summed E-state index contributed by atoms with van der Waals surface area (Å²) in [6, 6.07) is 9.35. The van der Waals surface area contributed by atoms with Crippen LogP contribution < -0.4 is 5.32 Å². The van der Waals surface area contributed by atoms with Crippen LogP contribution in [0.3, 0.4) is 0 Å². The number of hydrogen-bond acceptors (Lipinski definition) is 5. The van der Waals surface area contributed by atoms with Gasteiger partial charge in [-0.3, -0.25) is 9.89 Å². The van der Waals surface area contributed by atoms with E-state index in [0.717, 1.165) is 11.3 Å². The zero-order chi connectivity index (χ0) is 20.6. The zero-order valence-electron chi connectivity index (χ0n) is 16.4. The summed E-state index contributed by atoms with van der Waals surface area (Å²) < 4.78 is 5.40. The highest BCUT2D eigenvalue weighted by atomic mass is 35.5. The first-order valence-electron chi connectivity index (χ1n) is 9.77. The number of amides is 2. The van der Waals surface area contributed by atoms with Gasteiger partial charge in [-0.25, -0.2) is 4.79 Å². The number of alkyl halides is 1. The third-order valence-corrected chi connectivity index (χ3v) is 5.41. The van der Waals surface area contributed by atoms with Crippen LogP contribution in [0, 0.1) is 5.92 Å². The van der Waals surface area contributed by atoms with E-state index in [1.807, 2.05) is 37.3 Å². The average Bonchev–Trinajstić information content (AvgIpc) is 3.23. The number of ether oxygens (including phenoxy) is 1. The van der Waals surface area contributed by atoms with Crippen LogP contribution >= 0.6 is 11.6 Å². The Morgan fingerprint density at radius 3 is 2.79 bits per heavy atom. The summed E-state index contributed by atoms with van der Waals surface area (Å²) in [6.07, 6.45) is 3.10. The molecule has 1 aliphatic heterocycles. The minimum Gasteiger partial charge on any atom is -0.445 e. The Balaban J connectivity index is 1.42. The summed E-state index contributed by atoms with van der Waals surface area (Å²) in [5.41, 5.74) is 1.77. The lowest BCUT2D eigenvalue weighted by molar-refractivity contribution is -0.122. The second-order valence-electron chi connectivity index (χ2n) is 7.35. The van der Waals surface area contributed by atoms with Gasteiger partial charge in [-0.2, -0.15) is 0 Å². The molecule has 1 aromatic carbocycles. The number of nitrogens with zero attached hydrogens (tertiary/aromatic N) is 3. The second-order valence-corrected chi connectivity index (χ2v) is 7.91.